The number of carbonyl (C=O) groups excluding carboxylic acids is 1. The standard InChI is InChI=1S/C24H46N2O2S/c1-4-7-10-13-14-16-19-22-24(27)26(20-17-12-9-6-3)21(23(25-28)29-22)18-15-11-8-5-2/h21-23H,4-20H2,1-3H3. The number of nitrogens with zero attached hydrogens (tertiary/aromatic N) is 2. The van der Waals surface area contributed by atoms with Gasteiger partial charge in [0.25, 0.3) is 0 Å². The molecule has 1 fully saturated rings. The minimum absolute atomic E-state index is 0.00397. The van der Waals surface area contributed by atoms with Crippen molar-refractivity contribution in [2.24, 2.45) is 5.18 Å². The number of hydrogen-bond donors (Lipinski definition) is 0. The van der Waals surface area contributed by atoms with Crippen LogP contribution in [0.1, 0.15) is 124 Å². The van der Waals surface area contributed by atoms with Crippen molar-refractivity contribution in [1.29, 1.82) is 0 Å². The molecule has 0 radical (unpaired) electrons. The summed E-state index contributed by atoms with van der Waals surface area (Å²) in [7, 11) is 0. The lowest BCUT2D eigenvalue weighted by molar-refractivity contribution is -0.134. The van der Waals surface area contributed by atoms with E-state index in [0.717, 1.165) is 45.1 Å². The molecule has 1 heterocycles. The second kappa shape index (κ2) is 17.1. The Morgan fingerprint density at radius 1 is 0.759 bits per heavy atom. The Kier molecular flexibility index (Phi) is 15.6. The number of thioether (sulfide) groups is 1. The van der Waals surface area contributed by atoms with Gasteiger partial charge in [-0.25, -0.2) is 0 Å². The van der Waals surface area contributed by atoms with Crippen molar-refractivity contribution in [2.75, 3.05) is 6.54 Å². The number of hydrogen-bond acceptors (Lipinski definition) is 4. The zero-order valence-electron chi connectivity index (χ0n) is 19.4. The number of carbonyl (C=O) groups is 1. The lowest BCUT2D eigenvalue weighted by atomic mass is 10.0. The van der Waals surface area contributed by atoms with Crippen molar-refractivity contribution >= 4 is 17.7 Å². The van der Waals surface area contributed by atoms with Gasteiger partial charge in [-0.15, -0.1) is 16.7 Å². The van der Waals surface area contributed by atoms with Gasteiger partial charge >= 0.3 is 0 Å². The fourth-order valence-electron chi connectivity index (χ4n) is 4.28. The minimum Gasteiger partial charge on any atom is -0.336 e. The highest BCUT2D eigenvalue weighted by atomic mass is 32.2. The van der Waals surface area contributed by atoms with Gasteiger partial charge in [-0.2, -0.15) is 0 Å². The SMILES string of the molecule is CCCCCCCCC1SC(N=O)C(CCCCCC)N(CCCCCC)C1=O. The largest absolute Gasteiger partial charge is 0.336 e. The van der Waals surface area contributed by atoms with E-state index in [4.69, 9.17) is 0 Å². The van der Waals surface area contributed by atoms with Crippen molar-refractivity contribution in [3.05, 3.63) is 4.91 Å². The zero-order valence-corrected chi connectivity index (χ0v) is 20.2. The highest BCUT2D eigenvalue weighted by Gasteiger charge is 2.42. The monoisotopic (exact) mass is 426 g/mol. The molecular formula is C24H46N2O2S. The molecular weight excluding hydrogens is 380 g/mol. The Balaban J connectivity index is 2.65. The summed E-state index contributed by atoms with van der Waals surface area (Å²) in [6.07, 6.45) is 18.6. The summed E-state index contributed by atoms with van der Waals surface area (Å²) < 4.78 is 0. The number of unbranched alkanes of at least 4 members (excludes halogenated alkanes) is 11. The summed E-state index contributed by atoms with van der Waals surface area (Å²) in [4.78, 5) is 27.0. The molecule has 1 saturated heterocycles. The van der Waals surface area contributed by atoms with Crippen molar-refractivity contribution in [2.45, 2.75) is 140 Å². The Labute approximate surface area is 184 Å². The summed E-state index contributed by atoms with van der Waals surface area (Å²) >= 11 is 1.56. The van der Waals surface area contributed by atoms with E-state index in [0.29, 0.717) is 0 Å². The Morgan fingerprint density at radius 2 is 1.28 bits per heavy atom. The molecule has 170 valence electrons. The van der Waals surface area contributed by atoms with Crippen LogP contribution in [-0.2, 0) is 4.79 Å². The molecule has 0 aliphatic carbocycles. The molecule has 1 rings (SSSR count). The van der Waals surface area contributed by atoms with Crippen LogP contribution in [-0.4, -0.2) is 34.0 Å². The van der Waals surface area contributed by atoms with Crippen LogP contribution in [0.3, 0.4) is 0 Å². The maximum atomic E-state index is 13.3. The summed E-state index contributed by atoms with van der Waals surface area (Å²) in [6, 6.07) is 0.00397. The van der Waals surface area contributed by atoms with Gasteiger partial charge in [0.1, 0.15) is 0 Å². The van der Waals surface area contributed by atoms with Crippen LogP contribution in [0.15, 0.2) is 5.18 Å². The van der Waals surface area contributed by atoms with E-state index >= 15 is 0 Å². The van der Waals surface area contributed by atoms with E-state index in [1.165, 1.54) is 64.2 Å². The second-order valence-corrected chi connectivity index (χ2v) is 10.0. The van der Waals surface area contributed by atoms with Crippen LogP contribution in [0, 0.1) is 4.91 Å². The number of amides is 1. The molecule has 1 aliphatic heterocycles. The fourth-order valence-corrected chi connectivity index (χ4v) is 5.69. The third-order valence-electron chi connectivity index (χ3n) is 6.12. The van der Waals surface area contributed by atoms with E-state index < -0.39 is 0 Å². The van der Waals surface area contributed by atoms with Gasteiger partial charge in [0.15, 0.2) is 5.37 Å². The van der Waals surface area contributed by atoms with Crippen LogP contribution in [0.5, 0.6) is 0 Å². The van der Waals surface area contributed by atoms with E-state index in [9.17, 15) is 9.70 Å². The molecule has 0 saturated carbocycles. The lowest BCUT2D eigenvalue weighted by Crippen LogP contribution is -2.54. The highest BCUT2D eigenvalue weighted by molar-refractivity contribution is 8.01. The fraction of sp³-hybridized carbons (Fsp3) is 0.958. The highest BCUT2D eigenvalue weighted by Crippen LogP contribution is 2.37. The smallest absolute Gasteiger partial charge is 0.236 e. The molecule has 0 aromatic rings. The molecule has 0 aromatic carbocycles. The van der Waals surface area contributed by atoms with Gasteiger partial charge in [-0.1, -0.05) is 109 Å². The maximum Gasteiger partial charge on any atom is 0.236 e. The molecule has 0 bridgehead atoms. The van der Waals surface area contributed by atoms with Crippen LogP contribution >= 0.6 is 11.8 Å². The van der Waals surface area contributed by atoms with Gasteiger partial charge in [0.2, 0.25) is 5.91 Å². The van der Waals surface area contributed by atoms with E-state index in [1.54, 1.807) is 11.8 Å². The van der Waals surface area contributed by atoms with Gasteiger partial charge in [-0.3, -0.25) is 4.79 Å². The molecule has 4 nitrogen and oxygen atoms in total. The Hall–Kier alpha value is -0.580. The minimum atomic E-state index is -0.286. The van der Waals surface area contributed by atoms with E-state index in [2.05, 4.69) is 30.8 Å². The molecule has 0 aromatic heterocycles. The van der Waals surface area contributed by atoms with Gasteiger partial charge in [-0.05, 0) is 19.3 Å². The van der Waals surface area contributed by atoms with Crippen LogP contribution in [0.2, 0.25) is 0 Å². The van der Waals surface area contributed by atoms with Crippen LogP contribution in [0.4, 0.5) is 0 Å². The first-order chi connectivity index (χ1) is 14.2. The van der Waals surface area contributed by atoms with E-state index in [1.807, 2.05) is 0 Å². The van der Waals surface area contributed by atoms with Gasteiger partial charge < -0.3 is 4.90 Å². The predicted octanol–water partition coefficient (Wildman–Crippen LogP) is 7.69. The molecule has 1 aliphatic rings. The predicted molar refractivity (Wildman–Crippen MR) is 127 cm³/mol. The summed E-state index contributed by atoms with van der Waals surface area (Å²) in [6.45, 7) is 7.46. The molecule has 1 amide bonds. The average Bonchev–Trinajstić information content (AvgIpc) is 2.73. The number of rotatable bonds is 18. The first kappa shape index (κ1) is 26.5. The Bertz CT molecular complexity index is 433. The van der Waals surface area contributed by atoms with Crippen molar-refractivity contribution in [3.63, 3.8) is 0 Å². The topological polar surface area (TPSA) is 49.7 Å². The summed E-state index contributed by atoms with van der Waals surface area (Å²) in [5, 5.41) is 3.14. The summed E-state index contributed by atoms with van der Waals surface area (Å²) in [5.74, 6) is 0.278. The molecule has 0 spiro atoms. The third-order valence-corrected chi connectivity index (χ3v) is 7.57. The van der Waals surface area contributed by atoms with Gasteiger partial charge in [0, 0.05) is 6.54 Å². The van der Waals surface area contributed by atoms with Crippen LogP contribution in [0.25, 0.3) is 0 Å². The van der Waals surface area contributed by atoms with Gasteiger partial charge in [0.05, 0.1) is 11.3 Å². The zero-order chi connectivity index (χ0) is 21.3. The first-order valence-corrected chi connectivity index (χ1v) is 13.4. The van der Waals surface area contributed by atoms with Crippen LogP contribution < -0.4 is 0 Å². The maximum absolute atomic E-state index is 13.3. The molecule has 0 N–H and O–H groups in total. The van der Waals surface area contributed by atoms with Crippen molar-refractivity contribution in [3.8, 4) is 0 Å². The summed E-state index contributed by atoms with van der Waals surface area (Å²) in [5.41, 5.74) is 0. The molecule has 3 atom stereocenters. The first-order valence-electron chi connectivity index (χ1n) is 12.5. The average molecular weight is 427 g/mol. The molecule has 29 heavy (non-hydrogen) atoms. The van der Waals surface area contributed by atoms with E-state index in [-0.39, 0.29) is 22.6 Å². The number of nitroso groups, excluding NO2 is 1. The van der Waals surface area contributed by atoms with Crippen molar-refractivity contribution in [1.82, 2.24) is 4.90 Å². The second-order valence-electron chi connectivity index (χ2n) is 8.69. The normalized spacial score (nSPS) is 22.2. The molecule has 3 unspecified atom stereocenters. The quantitative estimate of drug-likeness (QED) is 0.167. The van der Waals surface area contributed by atoms with Crippen molar-refractivity contribution < 1.29 is 4.79 Å². The third kappa shape index (κ3) is 10.3. The Morgan fingerprint density at radius 3 is 1.90 bits per heavy atom. The molecule has 5 heteroatoms. The lowest BCUT2D eigenvalue weighted by Gasteiger charge is -2.41.